The van der Waals surface area contributed by atoms with Crippen molar-refractivity contribution < 1.29 is 4.92 Å². The molecule has 0 unspecified atom stereocenters. The highest BCUT2D eigenvalue weighted by Gasteiger charge is 2.26. The van der Waals surface area contributed by atoms with E-state index in [4.69, 9.17) is 0 Å². The summed E-state index contributed by atoms with van der Waals surface area (Å²) in [5.74, 6) is 0. The molecule has 2 rings (SSSR count). The third kappa shape index (κ3) is 4.34. The molecule has 1 saturated carbocycles. The lowest BCUT2D eigenvalue weighted by atomic mass is 9.76. The molecule has 0 radical (unpaired) electrons. The van der Waals surface area contributed by atoms with Crippen LogP contribution in [0, 0.1) is 15.5 Å². The van der Waals surface area contributed by atoms with Gasteiger partial charge in [0.2, 0.25) is 0 Å². The lowest BCUT2D eigenvalue weighted by molar-refractivity contribution is -0.384. The van der Waals surface area contributed by atoms with E-state index in [1.165, 1.54) is 32.1 Å². The summed E-state index contributed by atoms with van der Waals surface area (Å²) in [7, 11) is 0. The monoisotopic (exact) mass is 291 g/mol. The molecule has 0 atom stereocenters. The van der Waals surface area contributed by atoms with Crippen LogP contribution in [-0.2, 0) is 0 Å². The largest absolute Gasteiger partial charge is 0.385 e. The molecular formula is C16H25N3O2. The molecule has 116 valence electrons. The molecule has 21 heavy (non-hydrogen) atoms. The molecular weight excluding hydrogens is 266 g/mol. The Hall–Kier alpha value is -1.78. The zero-order chi connectivity index (χ0) is 15.3. The number of nitrogens with one attached hydrogen (secondary N) is 2. The van der Waals surface area contributed by atoms with Crippen molar-refractivity contribution in [2.75, 3.05) is 23.7 Å². The normalized spacial score (nSPS) is 17.2. The van der Waals surface area contributed by atoms with Gasteiger partial charge in [0.15, 0.2) is 0 Å². The molecule has 5 heteroatoms. The van der Waals surface area contributed by atoms with E-state index in [0.29, 0.717) is 5.41 Å². The summed E-state index contributed by atoms with van der Waals surface area (Å²) in [6, 6.07) is 5.15. The number of nitro benzene ring substituents is 1. The van der Waals surface area contributed by atoms with Gasteiger partial charge < -0.3 is 10.6 Å². The summed E-state index contributed by atoms with van der Waals surface area (Å²) >= 11 is 0. The van der Waals surface area contributed by atoms with Crippen LogP contribution in [0.2, 0.25) is 0 Å². The van der Waals surface area contributed by atoms with Crippen LogP contribution in [0.25, 0.3) is 0 Å². The fourth-order valence-electron chi connectivity index (χ4n) is 3.02. The van der Waals surface area contributed by atoms with Crippen LogP contribution in [0.1, 0.15) is 46.0 Å². The van der Waals surface area contributed by atoms with Crippen LogP contribution in [0.5, 0.6) is 0 Å². The first-order valence-electron chi connectivity index (χ1n) is 7.80. The fourth-order valence-corrected chi connectivity index (χ4v) is 3.02. The summed E-state index contributed by atoms with van der Waals surface area (Å²) in [6.45, 7) is 5.91. The average Bonchev–Trinajstić information content (AvgIpc) is 2.46. The Morgan fingerprint density at radius 3 is 2.33 bits per heavy atom. The molecule has 0 spiro atoms. The van der Waals surface area contributed by atoms with E-state index in [-0.39, 0.29) is 10.6 Å². The summed E-state index contributed by atoms with van der Waals surface area (Å²) in [4.78, 5) is 10.7. The Kier molecular flexibility index (Phi) is 5.04. The molecule has 5 nitrogen and oxygen atoms in total. The van der Waals surface area contributed by atoms with Crippen molar-refractivity contribution in [2.45, 2.75) is 46.0 Å². The molecule has 0 aromatic heterocycles. The smallest absolute Gasteiger partial charge is 0.273 e. The molecule has 1 aromatic rings. The van der Waals surface area contributed by atoms with Gasteiger partial charge in [0.1, 0.15) is 0 Å². The second kappa shape index (κ2) is 6.78. The quantitative estimate of drug-likeness (QED) is 0.602. The van der Waals surface area contributed by atoms with Crippen LogP contribution >= 0.6 is 0 Å². The van der Waals surface area contributed by atoms with Crippen molar-refractivity contribution in [3.8, 4) is 0 Å². The Morgan fingerprint density at radius 1 is 1.14 bits per heavy atom. The molecule has 0 bridgehead atoms. The second-order valence-corrected chi connectivity index (χ2v) is 6.28. The number of nitrogens with zero attached hydrogens (tertiary/aromatic N) is 1. The topological polar surface area (TPSA) is 67.2 Å². The lowest BCUT2D eigenvalue weighted by Gasteiger charge is -2.34. The van der Waals surface area contributed by atoms with Gasteiger partial charge in [-0.3, -0.25) is 10.1 Å². The maximum atomic E-state index is 11.0. The molecule has 1 aromatic carbocycles. The van der Waals surface area contributed by atoms with E-state index in [0.717, 1.165) is 24.5 Å². The number of nitro groups is 1. The zero-order valence-corrected chi connectivity index (χ0v) is 12.9. The molecule has 0 heterocycles. The van der Waals surface area contributed by atoms with Crippen molar-refractivity contribution >= 4 is 17.1 Å². The van der Waals surface area contributed by atoms with Gasteiger partial charge in [0, 0.05) is 36.6 Å². The predicted molar refractivity (Wildman–Crippen MR) is 86.9 cm³/mol. The van der Waals surface area contributed by atoms with Crippen molar-refractivity contribution in [3.05, 3.63) is 28.3 Å². The Morgan fingerprint density at radius 2 is 1.76 bits per heavy atom. The second-order valence-electron chi connectivity index (χ2n) is 6.28. The number of benzene rings is 1. The van der Waals surface area contributed by atoms with E-state index in [1.807, 2.05) is 13.0 Å². The van der Waals surface area contributed by atoms with Gasteiger partial charge in [0.25, 0.3) is 5.69 Å². The van der Waals surface area contributed by atoms with Gasteiger partial charge in [-0.15, -0.1) is 0 Å². The highest BCUT2D eigenvalue weighted by atomic mass is 16.6. The zero-order valence-electron chi connectivity index (χ0n) is 12.9. The number of hydrogen-bond donors (Lipinski definition) is 2. The summed E-state index contributed by atoms with van der Waals surface area (Å²) in [6.07, 6.45) is 6.37. The van der Waals surface area contributed by atoms with Crippen molar-refractivity contribution in [1.82, 2.24) is 0 Å². The van der Waals surface area contributed by atoms with Gasteiger partial charge in [-0.05, 0) is 31.2 Å². The van der Waals surface area contributed by atoms with Crippen molar-refractivity contribution in [2.24, 2.45) is 5.41 Å². The number of non-ortho nitro benzene ring substituents is 1. The van der Waals surface area contributed by atoms with Crippen LogP contribution in [-0.4, -0.2) is 18.0 Å². The van der Waals surface area contributed by atoms with E-state index in [2.05, 4.69) is 17.6 Å². The van der Waals surface area contributed by atoms with Gasteiger partial charge in [-0.2, -0.15) is 0 Å². The van der Waals surface area contributed by atoms with Crippen LogP contribution in [0.4, 0.5) is 17.1 Å². The number of hydrogen-bond acceptors (Lipinski definition) is 4. The predicted octanol–water partition coefficient (Wildman–Crippen LogP) is 4.41. The van der Waals surface area contributed by atoms with Crippen LogP contribution < -0.4 is 10.6 Å². The molecule has 2 N–H and O–H groups in total. The summed E-state index contributed by atoms with van der Waals surface area (Å²) < 4.78 is 0. The lowest BCUT2D eigenvalue weighted by Crippen LogP contribution is -2.28. The minimum absolute atomic E-state index is 0.129. The van der Waals surface area contributed by atoms with Gasteiger partial charge in [-0.1, -0.05) is 26.2 Å². The Bertz CT molecular complexity index is 496. The minimum Gasteiger partial charge on any atom is -0.385 e. The fraction of sp³-hybridized carbons (Fsp3) is 0.625. The number of anilines is 2. The first-order valence-corrected chi connectivity index (χ1v) is 7.80. The third-order valence-corrected chi connectivity index (χ3v) is 4.29. The van der Waals surface area contributed by atoms with E-state index >= 15 is 0 Å². The molecule has 1 aliphatic carbocycles. The van der Waals surface area contributed by atoms with Gasteiger partial charge >= 0.3 is 0 Å². The molecule has 1 aliphatic rings. The number of rotatable bonds is 6. The van der Waals surface area contributed by atoms with Gasteiger partial charge in [-0.25, -0.2) is 0 Å². The molecule has 0 saturated heterocycles. The third-order valence-electron chi connectivity index (χ3n) is 4.29. The first kappa shape index (κ1) is 15.6. The molecule has 0 aliphatic heterocycles. The van der Waals surface area contributed by atoms with E-state index < -0.39 is 0 Å². The van der Waals surface area contributed by atoms with Crippen molar-refractivity contribution in [3.63, 3.8) is 0 Å². The maximum absolute atomic E-state index is 11.0. The Labute approximate surface area is 126 Å². The first-order chi connectivity index (χ1) is 10.0. The summed E-state index contributed by atoms with van der Waals surface area (Å²) in [5.41, 5.74) is 2.06. The maximum Gasteiger partial charge on any atom is 0.273 e. The van der Waals surface area contributed by atoms with E-state index in [1.54, 1.807) is 12.1 Å². The standard InChI is InChI=1S/C16H25N3O2/c1-3-17-13-9-14(11-15(10-13)19(20)21)18-12-16(2)7-5-4-6-8-16/h9-11,17-18H,3-8,12H2,1-2H3. The minimum atomic E-state index is -0.339. The highest BCUT2D eigenvalue weighted by Crippen LogP contribution is 2.36. The average molecular weight is 291 g/mol. The van der Waals surface area contributed by atoms with Crippen LogP contribution in [0.3, 0.4) is 0 Å². The van der Waals surface area contributed by atoms with Crippen LogP contribution in [0.15, 0.2) is 18.2 Å². The Balaban J connectivity index is 2.09. The van der Waals surface area contributed by atoms with Crippen molar-refractivity contribution in [1.29, 1.82) is 0 Å². The molecule has 0 amide bonds. The summed E-state index contributed by atoms with van der Waals surface area (Å²) in [5, 5.41) is 17.6. The van der Waals surface area contributed by atoms with E-state index in [9.17, 15) is 10.1 Å². The van der Waals surface area contributed by atoms with Gasteiger partial charge in [0.05, 0.1) is 4.92 Å². The SMILES string of the molecule is CCNc1cc(NCC2(C)CCCCC2)cc([N+](=O)[O-])c1. The highest BCUT2D eigenvalue weighted by molar-refractivity contribution is 5.63. The molecule has 1 fully saturated rings.